The number of benzene rings is 1. The van der Waals surface area contributed by atoms with E-state index in [1.54, 1.807) is 0 Å². The number of nitrogens with zero attached hydrogens (tertiary/aromatic N) is 1. The lowest BCUT2D eigenvalue weighted by molar-refractivity contribution is -0.150. The van der Waals surface area contributed by atoms with Crippen molar-refractivity contribution in [1.29, 1.82) is 0 Å². The topological polar surface area (TPSA) is 55.8 Å². The lowest BCUT2D eigenvalue weighted by atomic mass is 9.93. The largest absolute Gasteiger partial charge is 0.468 e. The molecule has 0 amide bonds. The van der Waals surface area contributed by atoms with E-state index in [4.69, 9.17) is 9.47 Å². The Hall–Kier alpha value is -2.14. The number of ether oxygens (including phenoxy) is 2. The zero-order chi connectivity index (χ0) is 19.3. The maximum Gasteiger partial charge on any atom is 0.331 e. The summed E-state index contributed by atoms with van der Waals surface area (Å²) in [6, 6.07) is 9.77. The molecule has 1 saturated heterocycles. The third kappa shape index (κ3) is 5.43. The Kier molecular flexibility index (Phi) is 6.59. The number of carbonyl (C=O) groups excluding carboxylic acids is 2. The molecule has 2 atom stereocenters. The van der Waals surface area contributed by atoms with E-state index in [-0.39, 0.29) is 18.0 Å². The molecule has 5 nitrogen and oxygen atoms in total. The smallest absolute Gasteiger partial charge is 0.331 e. The quantitative estimate of drug-likeness (QED) is 0.607. The second-order valence-corrected chi connectivity index (χ2v) is 7.65. The number of piperidine rings is 1. The van der Waals surface area contributed by atoms with Gasteiger partial charge >= 0.3 is 11.9 Å². The monoisotopic (exact) mass is 359 g/mol. The molecule has 1 aromatic carbocycles. The summed E-state index contributed by atoms with van der Waals surface area (Å²) in [7, 11) is 1.40. The fraction of sp³-hybridized carbons (Fsp3) is 0.524. The molecular weight excluding hydrogens is 330 g/mol. The maximum absolute atomic E-state index is 12.4. The second-order valence-electron chi connectivity index (χ2n) is 7.65. The molecule has 1 aliphatic heterocycles. The van der Waals surface area contributed by atoms with Crippen LogP contribution in [-0.4, -0.2) is 42.1 Å². The average molecular weight is 359 g/mol. The van der Waals surface area contributed by atoms with Gasteiger partial charge in [-0.2, -0.15) is 0 Å². The Bertz CT molecular complexity index is 660. The van der Waals surface area contributed by atoms with Crippen LogP contribution in [-0.2, 0) is 19.1 Å². The van der Waals surface area contributed by atoms with Gasteiger partial charge in [-0.3, -0.25) is 9.69 Å². The molecule has 1 heterocycles. The highest BCUT2D eigenvalue weighted by Gasteiger charge is 2.35. The predicted octanol–water partition coefficient (Wildman–Crippen LogP) is 3.65. The van der Waals surface area contributed by atoms with E-state index in [1.165, 1.54) is 13.2 Å². The van der Waals surface area contributed by atoms with E-state index in [1.807, 2.05) is 39.0 Å². The van der Waals surface area contributed by atoms with Crippen LogP contribution in [0.5, 0.6) is 0 Å². The number of methoxy groups -OCH3 is 1. The summed E-state index contributed by atoms with van der Waals surface area (Å²) in [6.45, 7) is 8.29. The molecule has 1 aromatic rings. The van der Waals surface area contributed by atoms with E-state index >= 15 is 0 Å². The summed E-state index contributed by atoms with van der Waals surface area (Å²) in [4.78, 5) is 26.6. The van der Waals surface area contributed by atoms with Gasteiger partial charge in [0.25, 0.3) is 0 Å². The van der Waals surface area contributed by atoms with E-state index in [2.05, 4.69) is 24.0 Å². The molecule has 0 saturated carbocycles. The maximum atomic E-state index is 12.4. The van der Waals surface area contributed by atoms with Crippen LogP contribution in [0.25, 0.3) is 0 Å². The van der Waals surface area contributed by atoms with Crippen LogP contribution in [0.1, 0.15) is 52.1 Å². The van der Waals surface area contributed by atoms with Crippen LogP contribution in [0.15, 0.2) is 42.0 Å². The first-order chi connectivity index (χ1) is 12.2. The SMILES string of the molecule is COC(=O)[C@@H]1CC(=CC(=O)OC(C)(C)C)CCN1[C@@H](C)c1ccccc1. The Morgan fingerprint density at radius 3 is 2.46 bits per heavy atom. The lowest BCUT2D eigenvalue weighted by Gasteiger charge is -2.39. The van der Waals surface area contributed by atoms with Gasteiger partial charge in [0.15, 0.2) is 0 Å². The van der Waals surface area contributed by atoms with Gasteiger partial charge in [0.1, 0.15) is 11.6 Å². The molecule has 0 spiro atoms. The van der Waals surface area contributed by atoms with E-state index in [0.29, 0.717) is 13.0 Å². The zero-order valence-corrected chi connectivity index (χ0v) is 16.3. The molecule has 0 aromatic heterocycles. The van der Waals surface area contributed by atoms with Crippen molar-refractivity contribution < 1.29 is 19.1 Å². The van der Waals surface area contributed by atoms with Gasteiger partial charge in [0.2, 0.25) is 0 Å². The first-order valence-electron chi connectivity index (χ1n) is 9.02. The Balaban J connectivity index is 2.17. The highest BCUT2D eigenvalue weighted by Crippen LogP contribution is 2.31. The van der Waals surface area contributed by atoms with Crippen molar-refractivity contribution in [2.45, 2.75) is 58.2 Å². The molecule has 0 bridgehead atoms. The highest BCUT2D eigenvalue weighted by atomic mass is 16.6. The Labute approximate surface area is 156 Å². The van der Waals surface area contributed by atoms with Crippen LogP contribution >= 0.6 is 0 Å². The van der Waals surface area contributed by atoms with Crippen molar-refractivity contribution in [1.82, 2.24) is 4.90 Å². The van der Waals surface area contributed by atoms with Crippen molar-refractivity contribution >= 4 is 11.9 Å². The van der Waals surface area contributed by atoms with Gasteiger partial charge in [-0.25, -0.2) is 4.79 Å². The van der Waals surface area contributed by atoms with Crippen LogP contribution in [0, 0.1) is 0 Å². The molecule has 0 radical (unpaired) electrons. The number of rotatable bonds is 4. The van der Waals surface area contributed by atoms with Crippen molar-refractivity contribution in [3.63, 3.8) is 0 Å². The summed E-state index contributed by atoms with van der Waals surface area (Å²) >= 11 is 0. The summed E-state index contributed by atoms with van der Waals surface area (Å²) < 4.78 is 10.4. The van der Waals surface area contributed by atoms with Gasteiger partial charge in [0, 0.05) is 18.7 Å². The molecule has 5 heteroatoms. The third-order valence-corrected chi connectivity index (χ3v) is 4.53. The molecule has 2 rings (SSSR count). The molecule has 142 valence electrons. The second kappa shape index (κ2) is 8.49. The fourth-order valence-electron chi connectivity index (χ4n) is 3.27. The number of esters is 2. The van der Waals surface area contributed by atoms with E-state index < -0.39 is 11.6 Å². The van der Waals surface area contributed by atoms with Crippen molar-refractivity contribution in [3.8, 4) is 0 Å². The molecule has 0 N–H and O–H groups in total. The lowest BCUT2D eigenvalue weighted by Crippen LogP contribution is -2.47. The van der Waals surface area contributed by atoms with Crippen molar-refractivity contribution in [2.24, 2.45) is 0 Å². The molecular formula is C21H29NO4. The molecule has 1 aliphatic rings. The minimum absolute atomic E-state index is 0.0865. The zero-order valence-electron chi connectivity index (χ0n) is 16.3. The standard InChI is InChI=1S/C21H29NO4/c1-15(17-9-7-6-8-10-17)22-12-11-16(13-18(22)20(24)25-5)14-19(23)26-21(2,3)4/h6-10,14-15,18H,11-13H2,1-5H3/t15-,18-/m0/s1. The molecule has 0 aliphatic carbocycles. The minimum Gasteiger partial charge on any atom is -0.468 e. The summed E-state index contributed by atoms with van der Waals surface area (Å²) in [5.41, 5.74) is 1.55. The highest BCUT2D eigenvalue weighted by molar-refractivity contribution is 5.84. The van der Waals surface area contributed by atoms with Gasteiger partial charge in [0.05, 0.1) is 7.11 Å². The van der Waals surface area contributed by atoms with Crippen molar-refractivity contribution in [3.05, 3.63) is 47.5 Å². The first-order valence-corrected chi connectivity index (χ1v) is 9.02. The summed E-state index contributed by atoms with van der Waals surface area (Å²) in [5, 5.41) is 0. The van der Waals surface area contributed by atoms with E-state index in [9.17, 15) is 9.59 Å². The van der Waals surface area contributed by atoms with Crippen LogP contribution in [0.4, 0.5) is 0 Å². The summed E-state index contributed by atoms with van der Waals surface area (Å²) in [6.07, 6.45) is 2.73. The van der Waals surface area contributed by atoms with Gasteiger partial charge < -0.3 is 9.47 Å². The third-order valence-electron chi connectivity index (χ3n) is 4.53. The van der Waals surface area contributed by atoms with Gasteiger partial charge in [-0.15, -0.1) is 0 Å². The molecule has 0 unspecified atom stereocenters. The summed E-state index contributed by atoms with van der Waals surface area (Å²) in [5.74, 6) is -0.636. The fourth-order valence-corrected chi connectivity index (χ4v) is 3.27. The average Bonchev–Trinajstić information content (AvgIpc) is 2.59. The van der Waals surface area contributed by atoms with Crippen LogP contribution in [0.3, 0.4) is 0 Å². The number of hydrogen-bond donors (Lipinski definition) is 0. The van der Waals surface area contributed by atoms with Crippen molar-refractivity contribution in [2.75, 3.05) is 13.7 Å². The van der Waals surface area contributed by atoms with E-state index in [0.717, 1.165) is 17.6 Å². The minimum atomic E-state index is -0.529. The molecule has 26 heavy (non-hydrogen) atoms. The van der Waals surface area contributed by atoms with Gasteiger partial charge in [-0.05, 0) is 46.1 Å². The van der Waals surface area contributed by atoms with Crippen LogP contribution < -0.4 is 0 Å². The molecule has 1 fully saturated rings. The van der Waals surface area contributed by atoms with Gasteiger partial charge in [-0.1, -0.05) is 35.9 Å². The normalized spacial score (nSPS) is 21.3. The predicted molar refractivity (Wildman–Crippen MR) is 101 cm³/mol. The Morgan fingerprint density at radius 2 is 1.88 bits per heavy atom. The first kappa shape index (κ1) is 20.2. The Morgan fingerprint density at radius 1 is 1.23 bits per heavy atom. The number of hydrogen-bond acceptors (Lipinski definition) is 5. The van der Waals surface area contributed by atoms with Crippen LogP contribution in [0.2, 0.25) is 0 Å². The number of carbonyl (C=O) groups is 2. The number of likely N-dealkylation sites (tertiary alicyclic amines) is 1.